The Hall–Kier alpha value is -4.00. The zero-order valence-corrected chi connectivity index (χ0v) is 19.0. The van der Waals surface area contributed by atoms with E-state index in [9.17, 15) is 4.79 Å². The summed E-state index contributed by atoms with van der Waals surface area (Å²) in [6.07, 6.45) is 7.77. The maximum Gasteiger partial charge on any atom is 0.262 e. The lowest BCUT2D eigenvalue weighted by molar-refractivity contribution is -0.118. The molecule has 0 fully saturated rings. The zero-order valence-electron chi connectivity index (χ0n) is 19.0. The fourth-order valence-corrected chi connectivity index (χ4v) is 4.18. The molecule has 0 unspecified atom stereocenters. The first kappa shape index (κ1) is 21.8. The number of aryl methyl sites for hydroxylation is 2. The summed E-state index contributed by atoms with van der Waals surface area (Å²) in [6.45, 7) is 0.254. The molecule has 7 nitrogen and oxygen atoms in total. The van der Waals surface area contributed by atoms with Gasteiger partial charge in [0.25, 0.3) is 5.91 Å². The van der Waals surface area contributed by atoms with E-state index in [1.165, 1.54) is 12.0 Å². The Bertz CT molecular complexity index is 1300. The summed E-state index contributed by atoms with van der Waals surface area (Å²) in [6, 6.07) is 14.7. The van der Waals surface area contributed by atoms with Gasteiger partial charge in [-0.3, -0.25) is 9.78 Å². The smallest absolute Gasteiger partial charge is 0.262 e. The normalized spacial score (nSPS) is 12.7. The molecule has 0 spiro atoms. The third-order valence-corrected chi connectivity index (χ3v) is 5.89. The highest BCUT2D eigenvalue weighted by Gasteiger charge is 2.18. The molecule has 0 saturated carbocycles. The Morgan fingerprint density at radius 1 is 1.00 bits per heavy atom. The number of furan rings is 1. The lowest BCUT2D eigenvalue weighted by Gasteiger charge is -2.13. The van der Waals surface area contributed by atoms with E-state index < -0.39 is 0 Å². The zero-order chi connectivity index (χ0) is 23.3. The van der Waals surface area contributed by atoms with Crippen LogP contribution in [0.4, 0.5) is 5.69 Å². The van der Waals surface area contributed by atoms with Crippen LogP contribution in [0.5, 0.6) is 17.2 Å². The van der Waals surface area contributed by atoms with E-state index in [0.29, 0.717) is 29.5 Å². The maximum absolute atomic E-state index is 12.5. The number of amides is 1. The van der Waals surface area contributed by atoms with Gasteiger partial charge in [-0.2, -0.15) is 0 Å². The first-order chi connectivity index (χ1) is 16.7. The Balaban J connectivity index is 1.22. The van der Waals surface area contributed by atoms with Crippen molar-refractivity contribution in [3.05, 3.63) is 77.8 Å². The topological polar surface area (TPSA) is 82.8 Å². The molecule has 7 heteroatoms. The van der Waals surface area contributed by atoms with Gasteiger partial charge in [-0.15, -0.1) is 0 Å². The number of carbonyl (C=O) groups excluding carboxylic acids is 1. The van der Waals surface area contributed by atoms with E-state index >= 15 is 0 Å². The molecule has 1 aliphatic carbocycles. The number of anilines is 1. The van der Waals surface area contributed by atoms with Gasteiger partial charge in [0, 0.05) is 41.5 Å². The average molecular weight is 459 g/mol. The van der Waals surface area contributed by atoms with Crippen LogP contribution in [-0.2, 0) is 24.2 Å². The van der Waals surface area contributed by atoms with Crippen LogP contribution in [0.15, 0.2) is 65.3 Å². The van der Waals surface area contributed by atoms with Crippen molar-refractivity contribution in [2.75, 3.05) is 19.0 Å². The summed E-state index contributed by atoms with van der Waals surface area (Å²) in [5, 5.41) is 3.94. The molecule has 34 heavy (non-hydrogen) atoms. The number of rotatable bonds is 8. The van der Waals surface area contributed by atoms with Crippen molar-refractivity contribution in [3.63, 3.8) is 0 Å². The van der Waals surface area contributed by atoms with Gasteiger partial charge in [0.15, 0.2) is 18.1 Å². The second-order valence-corrected chi connectivity index (χ2v) is 8.22. The molecule has 4 aromatic rings. The predicted molar refractivity (Wildman–Crippen MR) is 129 cm³/mol. The van der Waals surface area contributed by atoms with Gasteiger partial charge < -0.3 is 23.9 Å². The van der Waals surface area contributed by atoms with E-state index in [4.69, 9.17) is 18.6 Å². The highest BCUT2D eigenvalue weighted by Crippen LogP contribution is 2.34. The minimum Gasteiger partial charge on any atom is -0.493 e. The fraction of sp³-hybridized carbons (Fsp3) is 0.259. The molecule has 174 valence electrons. The number of nitrogens with zero attached hydrogens (tertiary/aromatic N) is 1. The SMILES string of the molecule is COc1ccc(NC(=O)COc2ccc3oc4c(c3c2)CCCC4)cc1OCc1ccncc1. The standard InChI is InChI=1S/C27H26N2O5/c1-31-25-8-6-19(14-26(25)33-16-18-10-12-28-13-11-18)29-27(30)17-32-20-7-9-24-22(15-20)21-4-2-3-5-23(21)34-24/h6-15H,2-5,16-17H2,1H3,(H,29,30). The minimum absolute atomic E-state index is 0.106. The monoisotopic (exact) mass is 458 g/mol. The quantitative estimate of drug-likeness (QED) is 0.385. The molecule has 1 N–H and O–H groups in total. The van der Waals surface area contributed by atoms with Crippen molar-refractivity contribution in [2.45, 2.75) is 32.3 Å². The largest absolute Gasteiger partial charge is 0.493 e. The number of carbonyl (C=O) groups is 1. The number of ether oxygens (including phenoxy) is 3. The number of hydrogen-bond acceptors (Lipinski definition) is 6. The molecule has 2 heterocycles. The molecular formula is C27H26N2O5. The lowest BCUT2D eigenvalue weighted by atomic mass is 9.96. The molecule has 1 amide bonds. The van der Waals surface area contributed by atoms with Crippen molar-refractivity contribution >= 4 is 22.6 Å². The molecule has 0 aliphatic heterocycles. The number of nitrogens with one attached hydrogen (secondary N) is 1. The number of pyridine rings is 1. The summed E-state index contributed by atoms with van der Waals surface area (Å²) in [5.41, 5.74) is 3.73. The Morgan fingerprint density at radius 2 is 1.85 bits per heavy atom. The van der Waals surface area contributed by atoms with E-state index in [0.717, 1.165) is 41.6 Å². The van der Waals surface area contributed by atoms with E-state index in [1.54, 1.807) is 37.7 Å². The van der Waals surface area contributed by atoms with E-state index in [1.807, 2.05) is 30.3 Å². The summed E-state index contributed by atoms with van der Waals surface area (Å²) in [7, 11) is 1.58. The van der Waals surface area contributed by atoms with Crippen LogP contribution in [0.3, 0.4) is 0 Å². The van der Waals surface area contributed by atoms with E-state index in [-0.39, 0.29) is 12.5 Å². The predicted octanol–water partition coefficient (Wildman–Crippen LogP) is 5.31. The van der Waals surface area contributed by atoms with Crippen molar-refractivity contribution < 1.29 is 23.4 Å². The lowest BCUT2D eigenvalue weighted by Crippen LogP contribution is -2.20. The van der Waals surface area contributed by atoms with Crippen LogP contribution in [0, 0.1) is 0 Å². The maximum atomic E-state index is 12.5. The summed E-state index contributed by atoms with van der Waals surface area (Å²) >= 11 is 0. The third kappa shape index (κ3) is 4.83. The molecular weight excluding hydrogens is 432 g/mol. The first-order valence-electron chi connectivity index (χ1n) is 11.4. The van der Waals surface area contributed by atoms with Crippen LogP contribution < -0.4 is 19.5 Å². The van der Waals surface area contributed by atoms with Crippen LogP contribution in [-0.4, -0.2) is 24.6 Å². The van der Waals surface area contributed by atoms with Crippen LogP contribution in [0.2, 0.25) is 0 Å². The average Bonchev–Trinajstić information content (AvgIpc) is 3.25. The molecule has 0 bridgehead atoms. The molecule has 0 saturated heterocycles. The van der Waals surface area contributed by atoms with Gasteiger partial charge in [0.2, 0.25) is 0 Å². The van der Waals surface area contributed by atoms with Crippen molar-refractivity contribution in [3.8, 4) is 17.2 Å². The second-order valence-electron chi connectivity index (χ2n) is 8.22. The van der Waals surface area contributed by atoms with E-state index in [2.05, 4.69) is 10.3 Å². The highest BCUT2D eigenvalue weighted by molar-refractivity contribution is 5.92. The van der Waals surface area contributed by atoms with Crippen molar-refractivity contribution in [1.82, 2.24) is 4.98 Å². The Morgan fingerprint density at radius 3 is 2.71 bits per heavy atom. The second kappa shape index (κ2) is 9.87. The van der Waals surface area contributed by atoms with Gasteiger partial charge >= 0.3 is 0 Å². The van der Waals surface area contributed by atoms with Gasteiger partial charge in [-0.25, -0.2) is 0 Å². The molecule has 1 aliphatic rings. The Kier molecular flexibility index (Phi) is 6.33. The van der Waals surface area contributed by atoms with Crippen LogP contribution in [0.25, 0.3) is 11.0 Å². The van der Waals surface area contributed by atoms with Gasteiger partial charge in [0.05, 0.1) is 7.11 Å². The number of benzene rings is 2. The number of hydrogen-bond donors (Lipinski definition) is 1. The van der Waals surface area contributed by atoms with Crippen molar-refractivity contribution in [1.29, 1.82) is 0 Å². The Labute approximate surface area is 197 Å². The van der Waals surface area contributed by atoms with Crippen LogP contribution >= 0.6 is 0 Å². The molecule has 2 aromatic heterocycles. The molecule has 0 atom stereocenters. The van der Waals surface area contributed by atoms with Gasteiger partial charge in [-0.1, -0.05) is 0 Å². The van der Waals surface area contributed by atoms with Crippen molar-refractivity contribution in [2.24, 2.45) is 0 Å². The summed E-state index contributed by atoms with van der Waals surface area (Å²) in [5.74, 6) is 2.58. The summed E-state index contributed by atoms with van der Waals surface area (Å²) < 4.78 is 23.0. The van der Waals surface area contributed by atoms with Gasteiger partial charge in [-0.05, 0) is 67.3 Å². The third-order valence-electron chi connectivity index (χ3n) is 5.89. The molecule has 5 rings (SSSR count). The molecule has 0 radical (unpaired) electrons. The number of fused-ring (bicyclic) bond motifs is 3. The number of aromatic nitrogens is 1. The number of methoxy groups -OCH3 is 1. The molecule has 2 aromatic carbocycles. The van der Waals surface area contributed by atoms with Gasteiger partial charge in [0.1, 0.15) is 23.7 Å². The first-order valence-corrected chi connectivity index (χ1v) is 11.4. The summed E-state index contributed by atoms with van der Waals surface area (Å²) in [4.78, 5) is 16.6. The highest BCUT2D eigenvalue weighted by atomic mass is 16.5. The van der Waals surface area contributed by atoms with Crippen LogP contribution in [0.1, 0.15) is 29.7 Å². The minimum atomic E-state index is -0.264. The fourth-order valence-electron chi connectivity index (χ4n) is 4.18.